The molecule has 0 unspecified atom stereocenters. The second-order valence-corrected chi connectivity index (χ2v) is 7.66. The van der Waals surface area contributed by atoms with Crippen LogP contribution in [0.1, 0.15) is 38.5 Å². The Bertz CT molecular complexity index is 431. The van der Waals surface area contributed by atoms with Gasteiger partial charge >= 0.3 is 5.97 Å². The first-order valence-electron chi connectivity index (χ1n) is 7.71. The largest absolute Gasteiger partial charge is 0.748 e. The van der Waals surface area contributed by atoms with Gasteiger partial charge in [-0.05, 0) is 19.3 Å². The van der Waals surface area contributed by atoms with Crippen molar-refractivity contribution in [2.24, 2.45) is 0 Å². The zero-order chi connectivity index (χ0) is 17.1. The van der Waals surface area contributed by atoms with Gasteiger partial charge in [0.15, 0.2) is 0 Å². The van der Waals surface area contributed by atoms with Crippen LogP contribution >= 0.6 is 0 Å². The van der Waals surface area contributed by atoms with Crippen LogP contribution in [-0.2, 0) is 19.6 Å². The third kappa shape index (κ3) is 14.0. The van der Waals surface area contributed by atoms with E-state index in [9.17, 15) is 17.8 Å². The van der Waals surface area contributed by atoms with Crippen LogP contribution in [0.4, 0.5) is 0 Å². The van der Waals surface area contributed by atoms with Crippen molar-refractivity contribution in [3.8, 4) is 0 Å². The van der Waals surface area contributed by atoms with E-state index in [-0.39, 0.29) is 11.7 Å². The first-order chi connectivity index (χ1) is 10.2. The lowest BCUT2D eigenvalue weighted by molar-refractivity contribution is -0.890. The summed E-state index contributed by atoms with van der Waals surface area (Å²) in [6.45, 7) is 5.43. The quantitative estimate of drug-likeness (QED) is 0.168. The summed E-state index contributed by atoms with van der Waals surface area (Å²) < 4.78 is 37.3. The molecule has 0 aromatic carbocycles. The number of nitrogens with zero attached hydrogens (tertiary/aromatic N) is 1. The highest BCUT2D eigenvalue weighted by Crippen LogP contribution is 2.08. The zero-order valence-corrected chi connectivity index (χ0v) is 14.6. The lowest BCUT2D eigenvalue weighted by Crippen LogP contribution is -2.41. The number of carbonyl (C=O) groups is 1. The minimum atomic E-state index is -4.09. The Morgan fingerprint density at radius 2 is 1.64 bits per heavy atom. The Balaban J connectivity index is 3.56. The van der Waals surface area contributed by atoms with E-state index in [1.165, 1.54) is 0 Å². The molecule has 0 aliphatic carbocycles. The Hall–Kier alpha value is -0.920. The maximum Gasteiger partial charge on any atom is 0.330 e. The summed E-state index contributed by atoms with van der Waals surface area (Å²) in [6.07, 6.45) is 6.69. The van der Waals surface area contributed by atoms with Crippen molar-refractivity contribution in [1.29, 1.82) is 0 Å². The maximum absolute atomic E-state index is 10.8. The van der Waals surface area contributed by atoms with Gasteiger partial charge in [-0.3, -0.25) is 0 Å². The topological polar surface area (TPSA) is 83.5 Å². The van der Waals surface area contributed by atoms with Crippen molar-refractivity contribution in [3.63, 3.8) is 0 Å². The average Bonchev–Trinajstić information content (AvgIpc) is 2.39. The van der Waals surface area contributed by atoms with E-state index >= 15 is 0 Å². The van der Waals surface area contributed by atoms with Gasteiger partial charge in [0.2, 0.25) is 0 Å². The van der Waals surface area contributed by atoms with Crippen LogP contribution in [0.3, 0.4) is 0 Å². The van der Waals surface area contributed by atoms with Gasteiger partial charge in [0.25, 0.3) is 0 Å². The number of rotatable bonds is 13. The molecule has 22 heavy (non-hydrogen) atoms. The molecule has 0 aliphatic rings. The lowest BCUT2D eigenvalue weighted by atomic mass is 10.1. The highest BCUT2D eigenvalue weighted by molar-refractivity contribution is 7.85. The normalized spacial score (nSPS) is 12.1. The monoisotopic (exact) mass is 335 g/mol. The third-order valence-electron chi connectivity index (χ3n) is 3.48. The first-order valence-corrected chi connectivity index (χ1v) is 9.29. The lowest BCUT2D eigenvalue weighted by Gasteiger charge is -2.30. The minimum Gasteiger partial charge on any atom is -0.748 e. The van der Waals surface area contributed by atoms with Crippen molar-refractivity contribution in [3.05, 3.63) is 12.7 Å². The van der Waals surface area contributed by atoms with Crippen LogP contribution in [0.25, 0.3) is 0 Å². The van der Waals surface area contributed by atoms with Gasteiger partial charge in [-0.2, -0.15) is 0 Å². The molecule has 0 fully saturated rings. The number of carbonyl (C=O) groups excluding carboxylic acids is 1. The molecule has 130 valence electrons. The number of hydrogen-bond donors (Lipinski definition) is 0. The molecular weight excluding hydrogens is 306 g/mol. The van der Waals surface area contributed by atoms with Gasteiger partial charge in [-0.1, -0.05) is 19.4 Å². The fraction of sp³-hybridized carbons (Fsp3) is 0.800. The number of quaternary nitrogens is 1. The van der Waals surface area contributed by atoms with Crippen LogP contribution in [0.5, 0.6) is 0 Å². The summed E-state index contributed by atoms with van der Waals surface area (Å²) in [5.74, 6) is -0.655. The molecule has 0 aromatic rings. The molecule has 0 bridgehead atoms. The Morgan fingerprint density at radius 1 is 1.09 bits per heavy atom. The molecule has 0 spiro atoms. The summed E-state index contributed by atoms with van der Waals surface area (Å²) in [5.41, 5.74) is 0. The van der Waals surface area contributed by atoms with E-state index < -0.39 is 10.1 Å². The molecule has 0 aliphatic heterocycles. The van der Waals surface area contributed by atoms with Gasteiger partial charge in [-0.15, -0.1) is 0 Å². The van der Waals surface area contributed by atoms with E-state index in [4.69, 9.17) is 4.74 Å². The van der Waals surface area contributed by atoms with E-state index in [0.29, 0.717) is 19.6 Å². The smallest absolute Gasteiger partial charge is 0.330 e. The maximum atomic E-state index is 10.8. The van der Waals surface area contributed by atoms with Crippen molar-refractivity contribution in [2.75, 3.05) is 39.5 Å². The first kappa shape index (κ1) is 21.1. The fourth-order valence-corrected chi connectivity index (χ4v) is 2.67. The van der Waals surface area contributed by atoms with Gasteiger partial charge in [-0.25, -0.2) is 13.2 Å². The Kier molecular flexibility index (Phi) is 10.3. The molecule has 6 nitrogen and oxygen atoms in total. The van der Waals surface area contributed by atoms with Crippen LogP contribution in [0.2, 0.25) is 0 Å². The van der Waals surface area contributed by atoms with Gasteiger partial charge in [0, 0.05) is 18.2 Å². The van der Waals surface area contributed by atoms with E-state index in [0.717, 1.165) is 49.2 Å². The highest BCUT2D eigenvalue weighted by Gasteiger charge is 2.14. The molecule has 0 aromatic heterocycles. The summed E-state index contributed by atoms with van der Waals surface area (Å²) in [4.78, 5) is 10.8. The van der Waals surface area contributed by atoms with Crippen LogP contribution in [-0.4, -0.2) is 63.0 Å². The summed E-state index contributed by atoms with van der Waals surface area (Å²) in [7, 11) is 0.000859. The molecule has 0 saturated heterocycles. The summed E-state index contributed by atoms with van der Waals surface area (Å²) in [5, 5.41) is 0. The predicted octanol–water partition coefficient (Wildman–Crippen LogP) is 1.68. The van der Waals surface area contributed by atoms with Gasteiger partial charge in [0.1, 0.15) is 0 Å². The number of unbranched alkanes of at least 4 members (excludes halogenated alkanes) is 4. The molecule has 0 atom stereocenters. The number of hydrogen-bond acceptors (Lipinski definition) is 5. The molecule has 0 amide bonds. The van der Waals surface area contributed by atoms with Crippen LogP contribution in [0, 0.1) is 0 Å². The number of esters is 1. The predicted molar refractivity (Wildman–Crippen MR) is 85.3 cm³/mol. The molecule has 0 radical (unpaired) electrons. The second-order valence-electron chi connectivity index (χ2n) is 6.14. The molecule has 0 saturated carbocycles. The second kappa shape index (κ2) is 10.7. The molecule has 0 heterocycles. The summed E-state index contributed by atoms with van der Waals surface area (Å²) >= 11 is 0. The molecule has 7 heteroatoms. The SMILES string of the molecule is C=CC(=O)OCCCCCCC[N+](C)(C)CCCS(=O)(=O)[O-]. The highest BCUT2D eigenvalue weighted by atomic mass is 32.2. The van der Waals surface area contributed by atoms with Gasteiger partial charge in [0.05, 0.1) is 43.9 Å². The van der Waals surface area contributed by atoms with Crippen LogP contribution in [0.15, 0.2) is 12.7 Å². The molecular formula is C15H29NO5S. The molecule has 0 N–H and O–H groups in total. The van der Waals surface area contributed by atoms with E-state index in [1.54, 1.807) is 0 Å². The molecule has 0 rings (SSSR count). The number of ether oxygens (including phenoxy) is 1. The Morgan fingerprint density at radius 3 is 2.23 bits per heavy atom. The Labute approximate surface area is 134 Å². The van der Waals surface area contributed by atoms with Crippen molar-refractivity contribution < 1.29 is 27.0 Å². The van der Waals surface area contributed by atoms with Crippen molar-refractivity contribution in [1.82, 2.24) is 0 Å². The van der Waals surface area contributed by atoms with Crippen molar-refractivity contribution >= 4 is 16.1 Å². The zero-order valence-electron chi connectivity index (χ0n) is 13.8. The van der Waals surface area contributed by atoms with Crippen molar-refractivity contribution in [2.45, 2.75) is 38.5 Å². The standard InChI is InChI=1S/C15H29NO5S/c1-4-15(17)21-13-9-7-5-6-8-11-16(2,3)12-10-14-22(18,19)20/h4H,1,5-14H2,2-3H3. The fourth-order valence-electron chi connectivity index (χ4n) is 2.19. The van der Waals surface area contributed by atoms with Gasteiger partial charge < -0.3 is 13.8 Å². The van der Waals surface area contributed by atoms with Crippen LogP contribution < -0.4 is 0 Å². The van der Waals surface area contributed by atoms with E-state index in [2.05, 4.69) is 6.58 Å². The minimum absolute atomic E-state index is 0.280. The summed E-state index contributed by atoms with van der Waals surface area (Å²) in [6, 6.07) is 0. The average molecular weight is 335 g/mol. The van der Waals surface area contributed by atoms with E-state index in [1.807, 2.05) is 14.1 Å². The third-order valence-corrected chi connectivity index (χ3v) is 4.27.